The van der Waals surface area contributed by atoms with Gasteiger partial charge >= 0.3 is 0 Å². The zero-order valence-electron chi connectivity index (χ0n) is 15.6. The second-order valence-corrected chi connectivity index (χ2v) is 9.47. The average molecular weight is 484 g/mol. The number of carbonyl (C=O) groups excluding carboxylic acids is 1. The van der Waals surface area contributed by atoms with Gasteiger partial charge in [-0.05, 0) is 48.0 Å². The van der Waals surface area contributed by atoms with E-state index < -0.39 is 22.5 Å². The Balaban J connectivity index is 1.89. The van der Waals surface area contributed by atoms with Crippen LogP contribution in [0.2, 0.25) is 15.1 Å². The number of benzene rings is 3. The van der Waals surface area contributed by atoms with E-state index in [2.05, 4.69) is 5.32 Å². The van der Waals surface area contributed by atoms with Crippen molar-refractivity contribution in [2.24, 2.45) is 0 Å². The van der Waals surface area contributed by atoms with E-state index in [0.717, 1.165) is 9.87 Å². The van der Waals surface area contributed by atoms with Crippen LogP contribution in [0.3, 0.4) is 0 Å². The molecule has 3 aromatic rings. The van der Waals surface area contributed by atoms with E-state index in [9.17, 15) is 13.2 Å². The third-order valence-corrected chi connectivity index (χ3v) is 6.78. The summed E-state index contributed by atoms with van der Waals surface area (Å²) in [5.74, 6) is -0.500. The van der Waals surface area contributed by atoms with Gasteiger partial charge in [0.2, 0.25) is 5.91 Å². The standard InChI is InChI=1S/C21H17Cl3N2O3S/c22-16-8-6-15(7-9-16)13-25-21(27)14-26(20-12-17(23)10-11-19(20)24)30(28,29)18-4-2-1-3-5-18/h1-12H,13-14H2,(H,25,27). The summed E-state index contributed by atoms with van der Waals surface area (Å²) in [6.07, 6.45) is 0. The lowest BCUT2D eigenvalue weighted by molar-refractivity contribution is -0.119. The van der Waals surface area contributed by atoms with Gasteiger partial charge in [-0.2, -0.15) is 0 Å². The van der Waals surface area contributed by atoms with Crippen LogP contribution in [-0.4, -0.2) is 20.9 Å². The molecule has 0 heterocycles. The molecule has 3 aromatic carbocycles. The quantitative estimate of drug-likeness (QED) is 0.505. The first-order valence-corrected chi connectivity index (χ1v) is 11.4. The summed E-state index contributed by atoms with van der Waals surface area (Å²) in [6, 6.07) is 19.2. The van der Waals surface area contributed by atoms with E-state index in [1.807, 2.05) is 0 Å². The number of anilines is 1. The second kappa shape index (κ2) is 9.71. The molecule has 0 spiro atoms. The highest BCUT2D eigenvalue weighted by Crippen LogP contribution is 2.32. The fourth-order valence-electron chi connectivity index (χ4n) is 2.69. The van der Waals surface area contributed by atoms with Gasteiger partial charge in [-0.1, -0.05) is 65.1 Å². The first-order chi connectivity index (χ1) is 14.3. The number of hydrogen-bond acceptors (Lipinski definition) is 3. The Morgan fingerprint density at radius 1 is 0.867 bits per heavy atom. The largest absolute Gasteiger partial charge is 0.350 e. The van der Waals surface area contributed by atoms with Crippen molar-refractivity contribution in [3.63, 3.8) is 0 Å². The summed E-state index contributed by atoms with van der Waals surface area (Å²) in [5, 5.41) is 3.75. The highest BCUT2D eigenvalue weighted by atomic mass is 35.5. The summed E-state index contributed by atoms with van der Waals surface area (Å²) in [7, 11) is -4.07. The predicted molar refractivity (Wildman–Crippen MR) is 121 cm³/mol. The van der Waals surface area contributed by atoms with Crippen molar-refractivity contribution >= 4 is 56.4 Å². The Bertz CT molecular complexity index is 1140. The van der Waals surface area contributed by atoms with Crippen LogP contribution in [0, 0.1) is 0 Å². The first-order valence-electron chi connectivity index (χ1n) is 8.81. The number of amides is 1. The molecule has 5 nitrogen and oxygen atoms in total. The van der Waals surface area contributed by atoms with Crippen LogP contribution in [0.25, 0.3) is 0 Å². The van der Waals surface area contributed by atoms with Crippen molar-refractivity contribution in [1.29, 1.82) is 0 Å². The molecule has 0 atom stereocenters. The van der Waals surface area contributed by atoms with Gasteiger partial charge < -0.3 is 5.32 Å². The molecule has 1 N–H and O–H groups in total. The van der Waals surface area contributed by atoms with Crippen LogP contribution in [0.5, 0.6) is 0 Å². The zero-order chi connectivity index (χ0) is 21.7. The van der Waals surface area contributed by atoms with Crippen LogP contribution in [0.1, 0.15) is 5.56 Å². The Kier molecular flexibility index (Phi) is 7.26. The average Bonchev–Trinajstić information content (AvgIpc) is 2.74. The molecule has 30 heavy (non-hydrogen) atoms. The lowest BCUT2D eigenvalue weighted by atomic mass is 10.2. The van der Waals surface area contributed by atoms with E-state index in [4.69, 9.17) is 34.8 Å². The number of nitrogens with one attached hydrogen (secondary N) is 1. The van der Waals surface area contributed by atoms with Gasteiger partial charge in [0.05, 0.1) is 15.6 Å². The van der Waals surface area contributed by atoms with Crippen LogP contribution >= 0.6 is 34.8 Å². The fraction of sp³-hybridized carbons (Fsp3) is 0.0952. The molecule has 0 aliphatic heterocycles. The second-order valence-electron chi connectivity index (χ2n) is 6.32. The molecule has 0 saturated heterocycles. The van der Waals surface area contributed by atoms with Gasteiger partial charge in [-0.25, -0.2) is 8.42 Å². The maximum absolute atomic E-state index is 13.3. The summed E-state index contributed by atoms with van der Waals surface area (Å²) in [6.45, 7) is -0.247. The third kappa shape index (κ3) is 5.46. The molecule has 0 aromatic heterocycles. The number of sulfonamides is 1. The summed E-state index contributed by atoms with van der Waals surface area (Å²) >= 11 is 18.2. The van der Waals surface area contributed by atoms with Gasteiger partial charge in [0, 0.05) is 16.6 Å². The number of hydrogen-bond donors (Lipinski definition) is 1. The topological polar surface area (TPSA) is 66.5 Å². The Morgan fingerprint density at radius 2 is 1.50 bits per heavy atom. The molecule has 0 bridgehead atoms. The Labute approximate surface area is 190 Å². The molecular weight excluding hydrogens is 467 g/mol. The molecule has 0 unspecified atom stereocenters. The summed E-state index contributed by atoms with van der Waals surface area (Å²) < 4.78 is 27.5. The molecule has 9 heteroatoms. The van der Waals surface area contributed by atoms with E-state index in [1.165, 1.54) is 24.3 Å². The van der Waals surface area contributed by atoms with Gasteiger partial charge in [0.15, 0.2) is 0 Å². The maximum atomic E-state index is 13.3. The van der Waals surface area contributed by atoms with Crippen molar-refractivity contribution in [1.82, 2.24) is 5.32 Å². The molecule has 0 saturated carbocycles. The van der Waals surface area contributed by atoms with Crippen molar-refractivity contribution in [3.8, 4) is 0 Å². The van der Waals surface area contributed by atoms with E-state index in [-0.39, 0.29) is 22.2 Å². The Morgan fingerprint density at radius 3 is 2.17 bits per heavy atom. The van der Waals surface area contributed by atoms with Crippen LogP contribution in [0.4, 0.5) is 5.69 Å². The molecule has 0 fully saturated rings. The molecule has 0 aliphatic rings. The SMILES string of the molecule is O=C(CN(c1cc(Cl)ccc1Cl)S(=O)(=O)c1ccccc1)NCc1ccc(Cl)cc1. The van der Waals surface area contributed by atoms with Gasteiger partial charge in [-0.3, -0.25) is 9.10 Å². The molecule has 3 rings (SSSR count). The highest BCUT2D eigenvalue weighted by molar-refractivity contribution is 7.92. The van der Waals surface area contributed by atoms with Gasteiger partial charge in [0.1, 0.15) is 6.54 Å². The summed E-state index contributed by atoms with van der Waals surface area (Å²) in [5.41, 5.74) is 0.945. The molecule has 0 aliphatic carbocycles. The zero-order valence-corrected chi connectivity index (χ0v) is 18.6. The lowest BCUT2D eigenvalue weighted by Gasteiger charge is -2.25. The molecule has 1 amide bonds. The molecule has 0 radical (unpaired) electrons. The highest BCUT2D eigenvalue weighted by Gasteiger charge is 2.28. The predicted octanol–water partition coefficient (Wildman–Crippen LogP) is 5.16. The van der Waals surface area contributed by atoms with Gasteiger partial charge in [0.25, 0.3) is 10.0 Å². The Hall–Kier alpha value is -2.25. The van der Waals surface area contributed by atoms with E-state index in [1.54, 1.807) is 48.5 Å². The number of halogens is 3. The third-order valence-electron chi connectivity index (χ3n) is 4.20. The maximum Gasteiger partial charge on any atom is 0.264 e. The number of nitrogens with zero attached hydrogens (tertiary/aromatic N) is 1. The van der Waals surface area contributed by atoms with Crippen molar-refractivity contribution < 1.29 is 13.2 Å². The number of carbonyl (C=O) groups is 1. The minimum atomic E-state index is -4.07. The fourth-order valence-corrected chi connectivity index (χ4v) is 4.70. The smallest absolute Gasteiger partial charge is 0.264 e. The molecular formula is C21H17Cl3N2O3S. The molecule has 156 valence electrons. The minimum absolute atomic E-state index is 0.0338. The van der Waals surface area contributed by atoms with Gasteiger partial charge in [-0.15, -0.1) is 0 Å². The van der Waals surface area contributed by atoms with Crippen molar-refractivity contribution in [2.75, 3.05) is 10.8 Å². The van der Waals surface area contributed by atoms with Crippen molar-refractivity contribution in [3.05, 3.63) is 93.4 Å². The monoisotopic (exact) mass is 482 g/mol. The van der Waals surface area contributed by atoms with Crippen molar-refractivity contribution in [2.45, 2.75) is 11.4 Å². The van der Waals surface area contributed by atoms with Crippen LogP contribution in [0.15, 0.2) is 77.7 Å². The minimum Gasteiger partial charge on any atom is -0.350 e. The lowest BCUT2D eigenvalue weighted by Crippen LogP contribution is -2.40. The normalized spacial score (nSPS) is 11.2. The van der Waals surface area contributed by atoms with Crippen LogP contribution < -0.4 is 9.62 Å². The van der Waals surface area contributed by atoms with Crippen LogP contribution in [-0.2, 0) is 21.4 Å². The first kappa shape index (κ1) is 22.4. The van der Waals surface area contributed by atoms with E-state index in [0.29, 0.717) is 10.0 Å². The van der Waals surface area contributed by atoms with E-state index >= 15 is 0 Å². The number of rotatable bonds is 7. The summed E-state index contributed by atoms with van der Waals surface area (Å²) in [4.78, 5) is 12.7.